The molecule has 0 aromatic carbocycles. The van der Waals surface area contributed by atoms with E-state index in [2.05, 4.69) is 12.2 Å². The predicted octanol–water partition coefficient (Wildman–Crippen LogP) is 3.09. The summed E-state index contributed by atoms with van der Waals surface area (Å²) in [6, 6.07) is 0. The fourth-order valence-corrected chi connectivity index (χ4v) is 3.41. The van der Waals surface area contributed by atoms with Gasteiger partial charge in [-0.2, -0.15) is 0 Å². The fourth-order valence-electron chi connectivity index (χ4n) is 3.04. The molecule has 0 saturated heterocycles. The zero-order valence-corrected chi connectivity index (χ0v) is 10.9. The molecule has 0 aromatic rings. The maximum atomic E-state index is 12.1. The van der Waals surface area contributed by atoms with E-state index in [1.807, 2.05) is 0 Å². The van der Waals surface area contributed by atoms with E-state index in [0.29, 0.717) is 5.92 Å². The number of hydrogen-bond acceptors (Lipinski definition) is 1. The van der Waals surface area contributed by atoms with Crippen molar-refractivity contribution < 1.29 is 4.79 Å². The predicted molar refractivity (Wildman–Crippen MR) is 66.6 cm³/mol. The second kappa shape index (κ2) is 4.95. The molecular formula is C13H22ClNO. The molecule has 92 valence electrons. The highest BCUT2D eigenvalue weighted by molar-refractivity contribution is 6.21. The van der Waals surface area contributed by atoms with Gasteiger partial charge >= 0.3 is 0 Å². The summed E-state index contributed by atoms with van der Waals surface area (Å²) in [5.74, 6) is 0.747. The van der Waals surface area contributed by atoms with Crippen molar-refractivity contribution in [1.29, 1.82) is 0 Å². The third kappa shape index (κ3) is 2.53. The standard InChI is InChI=1S/C13H22ClNO/c1-13(7-2-3-8-13)12(16)15-9-10-5-4-6-11(10)14/h10-11H,2-9H2,1H3,(H,15,16). The summed E-state index contributed by atoms with van der Waals surface area (Å²) >= 11 is 6.20. The summed E-state index contributed by atoms with van der Waals surface area (Å²) in [6.07, 6.45) is 8.00. The van der Waals surface area contributed by atoms with Gasteiger partial charge in [0, 0.05) is 17.3 Å². The molecule has 2 nitrogen and oxygen atoms in total. The van der Waals surface area contributed by atoms with Gasteiger partial charge in [-0.25, -0.2) is 0 Å². The molecule has 16 heavy (non-hydrogen) atoms. The first kappa shape index (κ1) is 12.2. The lowest BCUT2D eigenvalue weighted by molar-refractivity contribution is -0.130. The van der Waals surface area contributed by atoms with Crippen LogP contribution in [0.25, 0.3) is 0 Å². The molecule has 0 radical (unpaired) electrons. The molecule has 0 heterocycles. The lowest BCUT2D eigenvalue weighted by atomic mass is 9.87. The maximum absolute atomic E-state index is 12.1. The Morgan fingerprint density at radius 2 is 2.00 bits per heavy atom. The quantitative estimate of drug-likeness (QED) is 0.759. The molecule has 1 N–H and O–H groups in total. The third-order valence-corrected chi connectivity index (χ3v) is 4.92. The Morgan fingerprint density at radius 3 is 2.56 bits per heavy atom. The van der Waals surface area contributed by atoms with E-state index in [1.165, 1.54) is 25.7 Å². The van der Waals surface area contributed by atoms with Crippen molar-refractivity contribution in [2.24, 2.45) is 11.3 Å². The first-order valence-corrected chi connectivity index (χ1v) is 6.98. The minimum absolute atomic E-state index is 0.0968. The SMILES string of the molecule is CC1(C(=O)NCC2CCCC2Cl)CCCC1. The number of alkyl halides is 1. The number of carbonyl (C=O) groups excluding carboxylic acids is 1. The van der Waals surface area contributed by atoms with Crippen molar-refractivity contribution in [1.82, 2.24) is 5.32 Å². The molecule has 0 aromatic heterocycles. The van der Waals surface area contributed by atoms with Crippen LogP contribution in [0.4, 0.5) is 0 Å². The Bertz CT molecular complexity index is 261. The molecule has 2 aliphatic rings. The Balaban J connectivity index is 1.79. The van der Waals surface area contributed by atoms with Crippen molar-refractivity contribution in [3.05, 3.63) is 0 Å². The number of hydrogen-bond donors (Lipinski definition) is 1. The summed E-state index contributed by atoms with van der Waals surface area (Å²) in [6.45, 7) is 2.88. The second-order valence-electron chi connectivity index (χ2n) is 5.68. The van der Waals surface area contributed by atoms with Gasteiger partial charge in [0.05, 0.1) is 0 Å². The zero-order chi connectivity index (χ0) is 11.6. The van der Waals surface area contributed by atoms with Gasteiger partial charge in [-0.1, -0.05) is 26.2 Å². The minimum atomic E-state index is -0.0968. The van der Waals surface area contributed by atoms with E-state index in [1.54, 1.807) is 0 Å². The monoisotopic (exact) mass is 243 g/mol. The van der Waals surface area contributed by atoms with E-state index in [9.17, 15) is 4.79 Å². The average Bonchev–Trinajstić information content (AvgIpc) is 2.85. The Morgan fingerprint density at radius 1 is 1.31 bits per heavy atom. The number of nitrogens with one attached hydrogen (secondary N) is 1. The van der Waals surface area contributed by atoms with Crippen LogP contribution < -0.4 is 5.32 Å². The van der Waals surface area contributed by atoms with Crippen LogP contribution in [0, 0.1) is 11.3 Å². The summed E-state index contributed by atoms with van der Waals surface area (Å²) in [4.78, 5) is 12.1. The van der Waals surface area contributed by atoms with Crippen molar-refractivity contribution in [2.45, 2.75) is 57.2 Å². The van der Waals surface area contributed by atoms with Gasteiger partial charge in [0.1, 0.15) is 0 Å². The largest absolute Gasteiger partial charge is 0.355 e. The number of carbonyl (C=O) groups is 1. The van der Waals surface area contributed by atoms with Crippen LogP contribution in [-0.4, -0.2) is 17.8 Å². The van der Waals surface area contributed by atoms with Crippen LogP contribution in [0.1, 0.15) is 51.9 Å². The fraction of sp³-hybridized carbons (Fsp3) is 0.923. The maximum Gasteiger partial charge on any atom is 0.225 e. The van der Waals surface area contributed by atoms with Gasteiger partial charge in [0.2, 0.25) is 5.91 Å². The summed E-state index contributed by atoms with van der Waals surface area (Å²) < 4.78 is 0. The molecule has 2 aliphatic carbocycles. The molecule has 2 saturated carbocycles. The smallest absolute Gasteiger partial charge is 0.225 e. The van der Waals surface area contributed by atoms with Gasteiger partial charge in [0.25, 0.3) is 0 Å². The van der Waals surface area contributed by atoms with Crippen LogP contribution >= 0.6 is 11.6 Å². The Hall–Kier alpha value is -0.240. The Labute approximate surface area is 103 Å². The third-order valence-electron chi connectivity index (χ3n) is 4.35. The van der Waals surface area contributed by atoms with Gasteiger partial charge in [-0.05, 0) is 31.6 Å². The van der Waals surface area contributed by atoms with Gasteiger partial charge < -0.3 is 5.32 Å². The van der Waals surface area contributed by atoms with Crippen LogP contribution in [0.5, 0.6) is 0 Å². The van der Waals surface area contributed by atoms with Crippen molar-refractivity contribution in [3.63, 3.8) is 0 Å². The molecular weight excluding hydrogens is 222 g/mol. The highest BCUT2D eigenvalue weighted by Gasteiger charge is 2.36. The molecule has 2 rings (SSSR count). The van der Waals surface area contributed by atoms with E-state index in [0.717, 1.165) is 25.8 Å². The summed E-state index contributed by atoms with van der Waals surface area (Å²) in [7, 11) is 0. The highest BCUT2D eigenvalue weighted by atomic mass is 35.5. The van der Waals surface area contributed by atoms with Crippen molar-refractivity contribution >= 4 is 17.5 Å². The first-order chi connectivity index (χ1) is 7.62. The van der Waals surface area contributed by atoms with Gasteiger partial charge in [-0.15, -0.1) is 11.6 Å². The normalized spacial score (nSPS) is 32.9. The van der Waals surface area contributed by atoms with Crippen LogP contribution in [0.2, 0.25) is 0 Å². The number of halogens is 1. The van der Waals surface area contributed by atoms with E-state index >= 15 is 0 Å². The van der Waals surface area contributed by atoms with Crippen LogP contribution in [0.3, 0.4) is 0 Å². The lowest BCUT2D eigenvalue weighted by Gasteiger charge is -2.24. The second-order valence-corrected chi connectivity index (χ2v) is 6.25. The van der Waals surface area contributed by atoms with E-state index < -0.39 is 0 Å². The highest BCUT2D eigenvalue weighted by Crippen LogP contribution is 2.38. The minimum Gasteiger partial charge on any atom is -0.355 e. The summed E-state index contributed by atoms with van der Waals surface area (Å²) in [5.41, 5.74) is -0.0968. The molecule has 3 heteroatoms. The van der Waals surface area contributed by atoms with Gasteiger partial charge in [-0.3, -0.25) is 4.79 Å². The molecule has 2 fully saturated rings. The molecule has 0 bridgehead atoms. The molecule has 0 aliphatic heterocycles. The molecule has 1 amide bonds. The Kier molecular flexibility index (Phi) is 3.78. The van der Waals surface area contributed by atoms with Gasteiger partial charge in [0.15, 0.2) is 0 Å². The van der Waals surface area contributed by atoms with E-state index in [4.69, 9.17) is 11.6 Å². The number of amides is 1. The lowest BCUT2D eigenvalue weighted by Crippen LogP contribution is -2.40. The summed E-state index contributed by atoms with van der Waals surface area (Å²) in [5, 5.41) is 3.39. The van der Waals surface area contributed by atoms with Crippen LogP contribution in [-0.2, 0) is 4.79 Å². The zero-order valence-electron chi connectivity index (χ0n) is 10.1. The van der Waals surface area contributed by atoms with E-state index in [-0.39, 0.29) is 16.7 Å². The molecule has 2 unspecified atom stereocenters. The van der Waals surface area contributed by atoms with Crippen LogP contribution in [0.15, 0.2) is 0 Å². The van der Waals surface area contributed by atoms with Crippen molar-refractivity contribution in [3.8, 4) is 0 Å². The first-order valence-electron chi connectivity index (χ1n) is 6.54. The average molecular weight is 244 g/mol. The van der Waals surface area contributed by atoms with Crippen molar-refractivity contribution in [2.75, 3.05) is 6.54 Å². The number of rotatable bonds is 3. The topological polar surface area (TPSA) is 29.1 Å². The molecule has 0 spiro atoms. The molecule has 2 atom stereocenters.